The van der Waals surface area contributed by atoms with Gasteiger partial charge in [-0.3, -0.25) is 4.79 Å². The summed E-state index contributed by atoms with van der Waals surface area (Å²) in [5, 5.41) is 0.968. The van der Waals surface area contributed by atoms with Crippen LogP contribution in [0.5, 0.6) is 0 Å². The minimum Gasteiger partial charge on any atom is -0.329 e. The van der Waals surface area contributed by atoms with E-state index in [1.54, 1.807) is 35.6 Å². The first kappa shape index (κ1) is 19.7. The molecule has 0 bridgehead atoms. The van der Waals surface area contributed by atoms with Crippen molar-refractivity contribution in [2.75, 3.05) is 19.6 Å². The van der Waals surface area contributed by atoms with Crippen LogP contribution < -0.4 is 0 Å². The number of para-hydroxylation sites is 1. The van der Waals surface area contributed by atoms with Gasteiger partial charge in [-0.2, -0.15) is 4.31 Å². The number of rotatable bonds is 4. The number of carbonyl (C=O) groups is 1. The minimum atomic E-state index is -3.47. The molecule has 0 N–H and O–H groups in total. The van der Waals surface area contributed by atoms with Crippen molar-refractivity contribution in [2.24, 2.45) is 0 Å². The van der Waals surface area contributed by atoms with Gasteiger partial charge in [0.1, 0.15) is 5.01 Å². The number of benzene rings is 2. The number of thiazole rings is 1. The van der Waals surface area contributed by atoms with Gasteiger partial charge < -0.3 is 4.90 Å². The molecule has 2 aliphatic heterocycles. The van der Waals surface area contributed by atoms with Crippen LogP contribution in [0.2, 0.25) is 0 Å². The van der Waals surface area contributed by atoms with E-state index in [0.717, 1.165) is 40.9 Å². The summed E-state index contributed by atoms with van der Waals surface area (Å²) in [4.78, 5) is 20.1. The summed E-state index contributed by atoms with van der Waals surface area (Å²) >= 11 is 1.64. The fourth-order valence-corrected chi connectivity index (χ4v) is 6.94. The summed E-state index contributed by atoms with van der Waals surface area (Å²) in [6.07, 6.45) is 3.64. The van der Waals surface area contributed by atoms with Crippen LogP contribution in [0.3, 0.4) is 0 Å². The number of fused-ring (bicyclic) bond motifs is 1. The smallest absolute Gasteiger partial charge is 0.254 e. The van der Waals surface area contributed by atoms with Gasteiger partial charge in [0.2, 0.25) is 10.0 Å². The van der Waals surface area contributed by atoms with Gasteiger partial charge in [0.25, 0.3) is 5.91 Å². The SMILES string of the molecule is O=C(c1ccc(S(=O)(=O)N2CCCC2)cc1)N1CCCC1c1nc2ccccc2s1. The molecule has 0 spiro atoms. The van der Waals surface area contributed by atoms with E-state index in [2.05, 4.69) is 6.07 Å². The second-order valence-corrected chi connectivity index (χ2v) is 10.8. The van der Waals surface area contributed by atoms with Gasteiger partial charge in [-0.05, 0) is 62.1 Å². The van der Waals surface area contributed by atoms with Crippen LogP contribution in [0.15, 0.2) is 53.4 Å². The summed E-state index contributed by atoms with van der Waals surface area (Å²) in [7, 11) is -3.47. The average molecular weight is 442 g/mol. The highest BCUT2D eigenvalue weighted by atomic mass is 32.2. The van der Waals surface area contributed by atoms with Gasteiger partial charge in [0.15, 0.2) is 0 Å². The van der Waals surface area contributed by atoms with Gasteiger partial charge in [-0.25, -0.2) is 13.4 Å². The van der Waals surface area contributed by atoms with Crippen molar-refractivity contribution in [2.45, 2.75) is 36.6 Å². The van der Waals surface area contributed by atoms with Gasteiger partial charge >= 0.3 is 0 Å². The second-order valence-electron chi connectivity index (χ2n) is 7.81. The Kier molecular flexibility index (Phi) is 5.08. The van der Waals surface area contributed by atoms with E-state index in [4.69, 9.17) is 4.98 Å². The van der Waals surface area contributed by atoms with Gasteiger partial charge in [0.05, 0.1) is 21.2 Å². The van der Waals surface area contributed by atoms with Crippen LogP contribution in [-0.2, 0) is 10.0 Å². The highest BCUT2D eigenvalue weighted by molar-refractivity contribution is 7.89. The number of amides is 1. The van der Waals surface area contributed by atoms with E-state index in [1.165, 1.54) is 4.31 Å². The lowest BCUT2D eigenvalue weighted by Crippen LogP contribution is -2.31. The third kappa shape index (κ3) is 3.42. The standard InChI is InChI=1S/C22H23N3O3S2/c26-22(16-9-11-17(12-10-16)30(27,28)24-13-3-4-14-24)25-15-5-7-19(25)21-23-18-6-1-2-8-20(18)29-21/h1-2,6,8-12,19H,3-5,7,13-15H2. The van der Waals surface area contributed by atoms with Crippen molar-refractivity contribution in [1.29, 1.82) is 0 Å². The van der Waals surface area contributed by atoms with E-state index >= 15 is 0 Å². The Hall–Kier alpha value is -2.29. The fourth-order valence-electron chi connectivity index (χ4n) is 4.31. The van der Waals surface area contributed by atoms with Gasteiger partial charge in [0, 0.05) is 25.2 Å². The Morgan fingerprint density at radius 3 is 2.43 bits per heavy atom. The van der Waals surface area contributed by atoms with Crippen molar-refractivity contribution in [3.63, 3.8) is 0 Å². The maximum absolute atomic E-state index is 13.2. The molecule has 1 unspecified atom stereocenters. The molecular weight excluding hydrogens is 418 g/mol. The number of likely N-dealkylation sites (tertiary alicyclic amines) is 1. The molecule has 0 radical (unpaired) electrons. The number of carbonyl (C=O) groups excluding carboxylic acids is 1. The van der Waals surface area contributed by atoms with E-state index in [9.17, 15) is 13.2 Å². The van der Waals surface area contributed by atoms with Crippen molar-refractivity contribution in [3.8, 4) is 0 Å². The van der Waals surface area contributed by atoms with E-state index in [0.29, 0.717) is 25.2 Å². The average Bonchev–Trinajstić information content (AvgIpc) is 3.53. The Labute approximate surface area is 180 Å². The molecule has 0 saturated carbocycles. The molecule has 2 aromatic carbocycles. The summed E-state index contributed by atoms with van der Waals surface area (Å²) in [6.45, 7) is 1.83. The molecule has 30 heavy (non-hydrogen) atoms. The lowest BCUT2D eigenvalue weighted by Gasteiger charge is -2.23. The molecule has 1 aromatic heterocycles. The number of hydrogen-bond donors (Lipinski definition) is 0. The maximum Gasteiger partial charge on any atom is 0.254 e. The molecule has 156 valence electrons. The quantitative estimate of drug-likeness (QED) is 0.612. The fraction of sp³-hybridized carbons (Fsp3) is 0.364. The van der Waals surface area contributed by atoms with Crippen molar-refractivity contribution in [1.82, 2.24) is 14.2 Å². The predicted octanol–water partition coefficient (Wildman–Crippen LogP) is 4.06. The molecule has 2 saturated heterocycles. The van der Waals surface area contributed by atoms with E-state index in [-0.39, 0.29) is 16.8 Å². The second kappa shape index (κ2) is 7.76. The first-order valence-corrected chi connectivity index (χ1v) is 12.6. The molecule has 3 heterocycles. The third-order valence-electron chi connectivity index (χ3n) is 5.91. The molecule has 3 aromatic rings. The Morgan fingerprint density at radius 1 is 0.967 bits per heavy atom. The lowest BCUT2D eigenvalue weighted by atomic mass is 10.1. The summed E-state index contributed by atoms with van der Waals surface area (Å²) < 4.78 is 28.1. The number of sulfonamides is 1. The maximum atomic E-state index is 13.2. The monoisotopic (exact) mass is 441 g/mol. The zero-order valence-corrected chi connectivity index (χ0v) is 18.2. The van der Waals surface area contributed by atoms with Crippen LogP contribution in [-0.4, -0.2) is 48.1 Å². The molecule has 5 rings (SSSR count). The molecule has 2 fully saturated rings. The zero-order chi connectivity index (χ0) is 20.7. The Bertz CT molecular complexity index is 1150. The molecule has 6 nitrogen and oxygen atoms in total. The minimum absolute atomic E-state index is 0.0251. The Balaban J connectivity index is 1.38. The van der Waals surface area contributed by atoms with Crippen molar-refractivity contribution >= 4 is 37.5 Å². The van der Waals surface area contributed by atoms with Crippen LogP contribution in [0.4, 0.5) is 0 Å². The highest BCUT2D eigenvalue weighted by Gasteiger charge is 2.33. The summed E-state index contributed by atoms with van der Waals surface area (Å²) in [5.41, 5.74) is 1.48. The lowest BCUT2D eigenvalue weighted by molar-refractivity contribution is 0.0735. The molecule has 2 aliphatic rings. The van der Waals surface area contributed by atoms with Crippen molar-refractivity contribution < 1.29 is 13.2 Å². The normalized spacial score (nSPS) is 20.3. The molecule has 1 atom stereocenters. The number of nitrogens with zero attached hydrogens (tertiary/aromatic N) is 3. The molecule has 1 amide bonds. The van der Waals surface area contributed by atoms with Crippen LogP contribution in [0.1, 0.15) is 47.1 Å². The largest absolute Gasteiger partial charge is 0.329 e. The van der Waals surface area contributed by atoms with E-state index in [1.807, 2.05) is 23.1 Å². The van der Waals surface area contributed by atoms with Crippen LogP contribution in [0.25, 0.3) is 10.2 Å². The predicted molar refractivity (Wildman–Crippen MR) is 117 cm³/mol. The zero-order valence-electron chi connectivity index (χ0n) is 16.5. The van der Waals surface area contributed by atoms with Crippen LogP contribution in [0, 0.1) is 0 Å². The number of hydrogen-bond acceptors (Lipinski definition) is 5. The van der Waals surface area contributed by atoms with Gasteiger partial charge in [-0.1, -0.05) is 12.1 Å². The molecular formula is C22H23N3O3S2. The summed E-state index contributed by atoms with van der Waals surface area (Å²) in [5.74, 6) is -0.0677. The molecule has 8 heteroatoms. The van der Waals surface area contributed by atoms with Crippen molar-refractivity contribution in [3.05, 3.63) is 59.1 Å². The summed E-state index contributed by atoms with van der Waals surface area (Å²) in [6, 6.07) is 14.4. The molecule has 0 aliphatic carbocycles. The van der Waals surface area contributed by atoms with Gasteiger partial charge in [-0.15, -0.1) is 11.3 Å². The third-order valence-corrected chi connectivity index (χ3v) is 8.96. The highest BCUT2D eigenvalue weighted by Crippen LogP contribution is 2.37. The first-order chi connectivity index (χ1) is 14.5. The van der Waals surface area contributed by atoms with Crippen LogP contribution >= 0.6 is 11.3 Å². The Morgan fingerprint density at radius 2 is 1.70 bits per heavy atom. The first-order valence-electron chi connectivity index (χ1n) is 10.3. The number of aromatic nitrogens is 1. The topological polar surface area (TPSA) is 70.6 Å². The van der Waals surface area contributed by atoms with E-state index < -0.39 is 10.0 Å².